The van der Waals surface area contributed by atoms with Gasteiger partial charge in [0.2, 0.25) is 0 Å². The van der Waals surface area contributed by atoms with Gasteiger partial charge in [0, 0.05) is 5.56 Å². The Morgan fingerprint density at radius 3 is 2.47 bits per heavy atom. The Bertz CT molecular complexity index is 380. The normalized spacial score (nSPS) is 17.2. The molecule has 2 rings (SSSR count). The Morgan fingerprint density at radius 1 is 1.29 bits per heavy atom. The standard InChI is InChI=1S/C13H19N3O/c1-17-12-8-6-10(7-9-12)13(16-14)15-11-4-2-3-5-11/h6-9,11H,2-5,14H2,1H3,(H,15,16). The molecule has 0 bridgehead atoms. The number of aliphatic imine (C=N–C) groups is 1. The van der Waals surface area contributed by atoms with E-state index in [2.05, 4.69) is 10.4 Å². The van der Waals surface area contributed by atoms with E-state index in [0.29, 0.717) is 6.04 Å². The van der Waals surface area contributed by atoms with E-state index in [-0.39, 0.29) is 0 Å². The van der Waals surface area contributed by atoms with Crippen molar-refractivity contribution < 1.29 is 4.74 Å². The van der Waals surface area contributed by atoms with E-state index in [1.54, 1.807) is 7.11 Å². The maximum atomic E-state index is 5.54. The van der Waals surface area contributed by atoms with Gasteiger partial charge < -0.3 is 10.2 Å². The summed E-state index contributed by atoms with van der Waals surface area (Å²) in [7, 11) is 1.66. The number of nitrogens with zero attached hydrogens (tertiary/aromatic N) is 1. The van der Waals surface area contributed by atoms with Crippen LogP contribution in [0.25, 0.3) is 0 Å². The number of hydrogen-bond acceptors (Lipinski definition) is 3. The van der Waals surface area contributed by atoms with Gasteiger partial charge in [-0.05, 0) is 37.1 Å². The first-order chi connectivity index (χ1) is 8.33. The van der Waals surface area contributed by atoms with E-state index in [1.807, 2.05) is 24.3 Å². The maximum Gasteiger partial charge on any atom is 0.142 e. The lowest BCUT2D eigenvalue weighted by molar-refractivity contribution is 0.415. The summed E-state index contributed by atoms with van der Waals surface area (Å²) in [5.41, 5.74) is 3.69. The molecule has 1 saturated carbocycles. The highest BCUT2D eigenvalue weighted by Gasteiger charge is 2.15. The topological polar surface area (TPSA) is 59.6 Å². The third kappa shape index (κ3) is 2.97. The summed E-state index contributed by atoms with van der Waals surface area (Å²) in [5.74, 6) is 7.14. The molecule has 0 amide bonds. The number of hydrazine groups is 1. The number of methoxy groups -OCH3 is 1. The molecule has 0 radical (unpaired) electrons. The monoisotopic (exact) mass is 233 g/mol. The molecule has 0 unspecified atom stereocenters. The fourth-order valence-corrected chi connectivity index (χ4v) is 2.16. The van der Waals surface area contributed by atoms with E-state index < -0.39 is 0 Å². The number of nitrogens with one attached hydrogen (secondary N) is 1. The average Bonchev–Trinajstić information content (AvgIpc) is 2.89. The molecule has 4 heteroatoms. The second kappa shape index (κ2) is 5.68. The van der Waals surface area contributed by atoms with Gasteiger partial charge in [0.15, 0.2) is 0 Å². The van der Waals surface area contributed by atoms with Crippen molar-refractivity contribution in [3.05, 3.63) is 29.8 Å². The van der Waals surface area contributed by atoms with Crippen LogP contribution < -0.4 is 16.0 Å². The van der Waals surface area contributed by atoms with Crippen LogP contribution in [-0.4, -0.2) is 19.0 Å². The lowest BCUT2D eigenvalue weighted by Gasteiger charge is -2.10. The molecular formula is C13H19N3O. The van der Waals surface area contributed by atoms with E-state index in [0.717, 1.165) is 17.1 Å². The van der Waals surface area contributed by atoms with Gasteiger partial charge in [-0.2, -0.15) is 0 Å². The van der Waals surface area contributed by atoms with E-state index in [9.17, 15) is 0 Å². The highest BCUT2D eigenvalue weighted by Crippen LogP contribution is 2.21. The van der Waals surface area contributed by atoms with Gasteiger partial charge in [0.05, 0.1) is 13.2 Å². The molecule has 0 saturated heterocycles. The fourth-order valence-electron chi connectivity index (χ4n) is 2.16. The van der Waals surface area contributed by atoms with Crippen LogP contribution in [0.2, 0.25) is 0 Å². The second-order valence-corrected chi connectivity index (χ2v) is 4.29. The summed E-state index contributed by atoms with van der Waals surface area (Å²) in [5, 5.41) is 0. The molecule has 0 spiro atoms. The van der Waals surface area contributed by atoms with Crippen molar-refractivity contribution in [3.8, 4) is 5.75 Å². The molecule has 1 aliphatic rings. The Labute approximate surface area is 102 Å². The zero-order valence-electron chi connectivity index (χ0n) is 10.1. The summed E-state index contributed by atoms with van der Waals surface area (Å²) in [6, 6.07) is 8.18. The largest absolute Gasteiger partial charge is 0.497 e. The molecule has 0 aliphatic heterocycles. The molecule has 1 aromatic carbocycles. The van der Waals surface area contributed by atoms with Crippen molar-refractivity contribution in [3.63, 3.8) is 0 Å². The summed E-state index contributed by atoms with van der Waals surface area (Å²) in [4.78, 5) is 4.66. The molecule has 17 heavy (non-hydrogen) atoms. The Kier molecular flexibility index (Phi) is 3.98. The van der Waals surface area contributed by atoms with Crippen LogP contribution in [0.3, 0.4) is 0 Å². The molecule has 1 aromatic rings. The van der Waals surface area contributed by atoms with Crippen molar-refractivity contribution >= 4 is 5.84 Å². The van der Waals surface area contributed by atoms with Crippen molar-refractivity contribution in [1.82, 2.24) is 5.43 Å². The minimum Gasteiger partial charge on any atom is -0.497 e. The first-order valence-electron chi connectivity index (χ1n) is 6.02. The number of rotatable bonds is 3. The lowest BCUT2D eigenvalue weighted by atomic mass is 10.2. The smallest absolute Gasteiger partial charge is 0.142 e. The number of ether oxygens (including phenoxy) is 1. The first kappa shape index (κ1) is 11.9. The highest BCUT2D eigenvalue weighted by molar-refractivity contribution is 5.98. The summed E-state index contributed by atoms with van der Waals surface area (Å²) in [6.45, 7) is 0. The van der Waals surface area contributed by atoms with Gasteiger partial charge in [-0.25, -0.2) is 5.84 Å². The van der Waals surface area contributed by atoms with Gasteiger partial charge in [-0.1, -0.05) is 12.8 Å². The lowest BCUT2D eigenvalue weighted by Crippen LogP contribution is -2.32. The zero-order valence-corrected chi connectivity index (χ0v) is 10.1. The molecule has 0 atom stereocenters. The molecule has 1 fully saturated rings. The predicted molar refractivity (Wildman–Crippen MR) is 69.1 cm³/mol. The zero-order chi connectivity index (χ0) is 12.1. The Balaban J connectivity index is 2.15. The van der Waals surface area contributed by atoms with Crippen LogP contribution in [0.1, 0.15) is 31.2 Å². The molecule has 3 N–H and O–H groups in total. The number of benzene rings is 1. The quantitative estimate of drug-likeness (QED) is 0.362. The Hall–Kier alpha value is -1.55. The SMILES string of the molecule is COc1ccc(C(=NC2CCCC2)NN)cc1. The molecule has 4 nitrogen and oxygen atoms in total. The summed E-state index contributed by atoms with van der Waals surface area (Å²) >= 11 is 0. The molecule has 0 heterocycles. The molecule has 1 aliphatic carbocycles. The van der Waals surface area contributed by atoms with E-state index >= 15 is 0 Å². The van der Waals surface area contributed by atoms with Crippen LogP contribution in [0.4, 0.5) is 0 Å². The van der Waals surface area contributed by atoms with Gasteiger partial charge in [-0.15, -0.1) is 0 Å². The van der Waals surface area contributed by atoms with E-state index in [4.69, 9.17) is 10.6 Å². The summed E-state index contributed by atoms with van der Waals surface area (Å²) in [6.07, 6.45) is 4.88. The molecule has 92 valence electrons. The van der Waals surface area contributed by atoms with Crippen LogP contribution in [0.15, 0.2) is 29.3 Å². The second-order valence-electron chi connectivity index (χ2n) is 4.29. The third-order valence-electron chi connectivity index (χ3n) is 3.14. The number of amidine groups is 1. The van der Waals surface area contributed by atoms with Crippen molar-refractivity contribution in [2.45, 2.75) is 31.7 Å². The third-order valence-corrected chi connectivity index (χ3v) is 3.14. The van der Waals surface area contributed by atoms with Gasteiger partial charge >= 0.3 is 0 Å². The minimum absolute atomic E-state index is 0.420. The average molecular weight is 233 g/mol. The molecular weight excluding hydrogens is 214 g/mol. The van der Waals surface area contributed by atoms with Crippen molar-refractivity contribution in [2.24, 2.45) is 10.8 Å². The fraction of sp³-hybridized carbons (Fsp3) is 0.462. The summed E-state index contributed by atoms with van der Waals surface area (Å²) < 4.78 is 5.12. The van der Waals surface area contributed by atoms with Crippen LogP contribution in [0.5, 0.6) is 5.75 Å². The van der Waals surface area contributed by atoms with Gasteiger partial charge in [0.25, 0.3) is 0 Å². The Morgan fingerprint density at radius 2 is 1.94 bits per heavy atom. The van der Waals surface area contributed by atoms with Gasteiger partial charge in [0.1, 0.15) is 11.6 Å². The highest BCUT2D eigenvalue weighted by atomic mass is 16.5. The van der Waals surface area contributed by atoms with Crippen molar-refractivity contribution in [2.75, 3.05) is 7.11 Å². The van der Waals surface area contributed by atoms with Crippen molar-refractivity contribution in [1.29, 1.82) is 0 Å². The number of hydrogen-bond donors (Lipinski definition) is 2. The van der Waals surface area contributed by atoms with Crippen LogP contribution >= 0.6 is 0 Å². The minimum atomic E-state index is 0.420. The van der Waals surface area contributed by atoms with E-state index in [1.165, 1.54) is 25.7 Å². The maximum absolute atomic E-state index is 5.54. The van der Waals surface area contributed by atoms with Gasteiger partial charge in [-0.3, -0.25) is 4.99 Å². The number of nitrogens with two attached hydrogens (primary N) is 1. The van der Waals surface area contributed by atoms with Crippen LogP contribution in [0, 0.1) is 0 Å². The predicted octanol–water partition coefficient (Wildman–Crippen LogP) is 1.85. The molecule has 0 aromatic heterocycles. The van der Waals surface area contributed by atoms with Crippen LogP contribution in [-0.2, 0) is 0 Å². The first-order valence-corrected chi connectivity index (χ1v) is 6.02.